The number of halogens is 1. The van der Waals surface area contributed by atoms with Gasteiger partial charge in [0.25, 0.3) is 0 Å². The molecule has 0 aliphatic rings. The van der Waals surface area contributed by atoms with Crippen molar-refractivity contribution in [2.45, 2.75) is 6.04 Å². The Morgan fingerprint density at radius 2 is 1.90 bits per heavy atom. The number of ether oxygens (including phenoxy) is 2. The second kappa shape index (κ2) is 7.33. The van der Waals surface area contributed by atoms with Gasteiger partial charge in [-0.1, -0.05) is 28.1 Å². The molecule has 0 aromatic heterocycles. The Kier molecular flexibility index (Phi) is 5.47. The summed E-state index contributed by atoms with van der Waals surface area (Å²) in [5.41, 5.74) is 1.75. The number of hydrogen-bond donors (Lipinski definition) is 2. The maximum Gasteiger partial charge on any atom is 0.141 e. The second-order valence-corrected chi connectivity index (χ2v) is 5.32. The molecule has 0 radical (unpaired) electrons. The molecular formula is C16H18BrNO3. The molecule has 0 bridgehead atoms. The van der Waals surface area contributed by atoms with E-state index < -0.39 is 0 Å². The molecule has 0 aliphatic heterocycles. The molecule has 0 heterocycles. The first-order valence-corrected chi connectivity index (χ1v) is 7.32. The summed E-state index contributed by atoms with van der Waals surface area (Å²) >= 11 is 3.51. The van der Waals surface area contributed by atoms with Gasteiger partial charge in [0, 0.05) is 4.47 Å². The average molecular weight is 352 g/mol. The smallest absolute Gasteiger partial charge is 0.141 e. The molecule has 0 aliphatic carbocycles. The summed E-state index contributed by atoms with van der Waals surface area (Å²) in [4.78, 5) is 0. The number of aliphatic hydroxyl groups excluding tert-OH is 1. The Hall–Kier alpha value is -1.72. The van der Waals surface area contributed by atoms with E-state index in [9.17, 15) is 5.11 Å². The van der Waals surface area contributed by atoms with Gasteiger partial charge < -0.3 is 19.9 Å². The molecule has 0 amide bonds. The normalized spacial score (nSPS) is 11.8. The zero-order valence-corrected chi connectivity index (χ0v) is 13.6. The lowest BCUT2D eigenvalue weighted by molar-refractivity contribution is 0.275. The molecule has 5 heteroatoms. The average Bonchev–Trinajstić information content (AvgIpc) is 2.53. The summed E-state index contributed by atoms with van der Waals surface area (Å²) < 4.78 is 11.5. The first-order chi connectivity index (χ1) is 10.2. The number of aliphatic hydroxyl groups is 1. The van der Waals surface area contributed by atoms with Crippen LogP contribution in [0.25, 0.3) is 0 Å². The van der Waals surface area contributed by atoms with E-state index in [-0.39, 0.29) is 12.6 Å². The second-order valence-electron chi connectivity index (χ2n) is 4.47. The molecule has 1 atom stereocenters. The molecule has 0 saturated carbocycles. The van der Waals surface area contributed by atoms with Gasteiger partial charge in [-0.25, -0.2) is 0 Å². The van der Waals surface area contributed by atoms with E-state index in [1.165, 1.54) is 0 Å². The van der Waals surface area contributed by atoms with Crippen molar-refractivity contribution in [1.29, 1.82) is 0 Å². The minimum atomic E-state index is -0.272. The van der Waals surface area contributed by atoms with E-state index in [1.54, 1.807) is 14.2 Å². The largest absolute Gasteiger partial charge is 0.497 e. The van der Waals surface area contributed by atoms with Gasteiger partial charge in [-0.05, 0) is 35.9 Å². The number of methoxy groups -OCH3 is 2. The molecule has 112 valence electrons. The van der Waals surface area contributed by atoms with Crippen LogP contribution in [0.5, 0.6) is 11.5 Å². The lowest BCUT2D eigenvalue weighted by atomic mass is 10.1. The van der Waals surface area contributed by atoms with Crippen LogP contribution >= 0.6 is 15.9 Å². The van der Waals surface area contributed by atoms with Crippen LogP contribution < -0.4 is 14.8 Å². The molecule has 4 nitrogen and oxygen atoms in total. The molecule has 1 unspecified atom stereocenters. The van der Waals surface area contributed by atoms with E-state index in [0.29, 0.717) is 0 Å². The number of rotatable bonds is 6. The SMILES string of the molecule is COc1ccc(Br)c(C(CO)Nc2ccccc2OC)c1. The molecule has 0 spiro atoms. The van der Waals surface area contributed by atoms with Crippen LogP contribution in [0.4, 0.5) is 5.69 Å². The third-order valence-electron chi connectivity index (χ3n) is 3.20. The van der Waals surface area contributed by atoms with Crippen molar-refractivity contribution in [3.8, 4) is 11.5 Å². The number of anilines is 1. The minimum Gasteiger partial charge on any atom is -0.497 e. The van der Waals surface area contributed by atoms with Crippen molar-refractivity contribution in [2.75, 3.05) is 26.1 Å². The third kappa shape index (κ3) is 3.68. The Labute approximate surface area is 132 Å². The predicted octanol–water partition coefficient (Wildman–Crippen LogP) is 3.61. The Morgan fingerprint density at radius 3 is 2.57 bits per heavy atom. The van der Waals surface area contributed by atoms with Crippen molar-refractivity contribution >= 4 is 21.6 Å². The summed E-state index contributed by atoms with van der Waals surface area (Å²) in [6.07, 6.45) is 0. The van der Waals surface area contributed by atoms with Gasteiger partial charge in [0.15, 0.2) is 0 Å². The summed E-state index contributed by atoms with van der Waals surface area (Å²) in [7, 11) is 3.24. The Morgan fingerprint density at radius 1 is 1.14 bits per heavy atom. The molecule has 2 aromatic rings. The van der Waals surface area contributed by atoms with Crippen LogP contribution in [0.3, 0.4) is 0 Å². The quantitative estimate of drug-likeness (QED) is 0.834. The zero-order chi connectivity index (χ0) is 15.2. The fraction of sp³-hybridized carbons (Fsp3) is 0.250. The third-order valence-corrected chi connectivity index (χ3v) is 3.92. The van der Waals surface area contributed by atoms with Crippen molar-refractivity contribution in [3.63, 3.8) is 0 Å². The zero-order valence-electron chi connectivity index (χ0n) is 12.0. The van der Waals surface area contributed by atoms with Gasteiger partial charge in [-0.15, -0.1) is 0 Å². The minimum absolute atomic E-state index is 0.0518. The lowest BCUT2D eigenvalue weighted by Crippen LogP contribution is -2.16. The lowest BCUT2D eigenvalue weighted by Gasteiger charge is -2.21. The highest BCUT2D eigenvalue weighted by molar-refractivity contribution is 9.10. The number of benzene rings is 2. The van der Waals surface area contributed by atoms with Gasteiger partial charge in [-0.3, -0.25) is 0 Å². The predicted molar refractivity (Wildman–Crippen MR) is 87.1 cm³/mol. The number of nitrogens with one attached hydrogen (secondary N) is 1. The van der Waals surface area contributed by atoms with Crippen molar-refractivity contribution in [2.24, 2.45) is 0 Å². The van der Waals surface area contributed by atoms with Gasteiger partial charge in [0.1, 0.15) is 11.5 Å². The molecular weight excluding hydrogens is 334 g/mol. The highest BCUT2D eigenvalue weighted by atomic mass is 79.9. The Bertz CT molecular complexity index is 604. The van der Waals surface area contributed by atoms with Gasteiger partial charge in [-0.2, -0.15) is 0 Å². The number of hydrogen-bond acceptors (Lipinski definition) is 4. The molecule has 0 fully saturated rings. The first-order valence-electron chi connectivity index (χ1n) is 6.53. The van der Waals surface area contributed by atoms with E-state index in [0.717, 1.165) is 27.2 Å². The highest BCUT2D eigenvalue weighted by Crippen LogP contribution is 2.32. The fourth-order valence-corrected chi connectivity index (χ4v) is 2.61. The van der Waals surface area contributed by atoms with Crippen LogP contribution in [0.15, 0.2) is 46.9 Å². The van der Waals surface area contributed by atoms with E-state index in [2.05, 4.69) is 21.2 Å². The van der Waals surface area contributed by atoms with Crippen molar-refractivity contribution in [3.05, 3.63) is 52.5 Å². The van der Waals surface area contributed by atoms with Gasteiger partial charge in [0.05, 0.1) is 32.6 Å². The van der Waals surface area contributed by atoms with Gasteiger partial charge >= 0.3 is 0 Å². The fourth-order valence-electron chi connectivity index (χ4n) is 2.09. The Balaban J connectivity index is 2.32. The molecule has 21 heavy (non-hydrogen) atoms. The molecule has 0 saturated heterocycles. The topological polar surface area (TPSA) is 50.7 Å². The molecule has 2 N–H and O–H groups in total. The van der Waals surface area contributed by atoms with E-state index in [1.807, 2.05) is 42.5 Å². The first kappa shape index (κ1) is 15.7. The molecule has 2 rings (SSSR count). The standard InChI is InChI=1S/C16H18BrNO3/c1-20-11-7-8-13(17)12(9-11)15(10-19)18-14-5-3-4-6-16(14)21-2/h3-9,15,18-19H,10H2,1-2H3. The van der Waals surface area contributed by atoms with Crippen LogP contribution in [0.1, 0.15) is 11.6 Å². The monoisotopic (exact) mass is 351 g/mol. The maximum atomic E-state index is 9.73. The number of para-hydroxylation sites is 2. The van der Waals surface area contributed by atoms with Crippen LogP contribution in [-0.2, 0) is 0 Å². The maximum absolute atomic E-state index is 9.73. The summed E-state index contributed by atoms with van der Waals surface area (Å²) in [6, 6.07) is 13.0. The van der Waals surface area contributed by atoms with Gasteiger partial charge in [0.2, 0.25) is 0 Å². The summed E-state index contributed by atoms with van der Waals surface area (Å²) in [5.74, 6) is 1.48. The van der Waals surface area contributed by atoms with E-state index in [4.69, 9.17) is 9.47 Å². The van der Waals surface area contributed by atoms with Crippen LogP contribution in [-0.4, -0.2) is 25.9 Å². The van der Waals surface area contributed by atoms with Crippen LogP contribution in [0.2, 0.25) is 0 Å². The van der Waals surface area contributed by atoms with Crippen LogP contribution in [0, 0.1) is 0 Å². The summed E-state index contributed by atoms with van der Waals surface area (Å²) in [6.45, 7) is -0.0518. The van der Waals surface area contributed by atoms with Crippen molar-refractivity contribution < 1.29 is 14.6 Å². The highest BCUT2D eigenvalue weighted by Gasteiger charge is 2.16. The summed E-state index contributed by atoms with van der Waals surface area (Å²) in [5, 5.41) is 13.0. The molecule has 2 aromatic carbocycles. The van der Waals surface area contributed by atoms with Crippen molar-refractivity contribution in [1.82, 2.24) is 0 Å². The van der Waals surface area contributed by atoms with E-state index >= 15 is 0 Å².